The average Bonchev–Trinajstić information content (AvgIpc) is 4.14. The molecule has 2 aliphatic carbocycles. The number of sulfonamides is 1. The van der Waals surface area contributed by atoms with Crippen molar-refractivity contribution in [3.8, 4) is 28.8 Å². The second-order valence-corrected chi connectivity index (χ2v) is 21.4. The molecule has 0 unspecified atom stereocenters. The Kier molecular flexibility index (Phi) is 13.3. The first kappa shape index (κ1) is 46.0. The summed E-state index contributed by atoms with van der Waals surface area (Å²) in [6.07, 6.45) is 7.93. The van der Waals surface area contributed by atoms with Crippen LogP contribution in [0.5, 0.6) is 17.5 Å². The molecule has 1 N–H and O–H groups in total. The summed E-state index contributed by atoms with van der Waals surface area (Å²) in [5.41, 5.74) is -0.784. The maximum Gasteiger partial charge on any atom is 0.307 e. The van der Waals surface area contributed by atoms with Gasteiger partial charge in [0.15, 0.2) is 5.78 Å². The molecule has 7 rings (SSSR count). The number of ketones is 1. The van der Waals surface area contributed by atoms with Crippen molar-refractivity contribution in [2.75, 3.05) is 13.7 Å². The number of amides is 2. The average molecular weight is 887 g/mol. The number of aromatic nitrogens is 2. The number of pyridine rings is 2. The number of benzene rings is 1. The van der Waals surface area contributed by atoms with Crippen molar-refractivity contribution in [1.29, 1.82) is 0 Å². The number of nitrogens with zero attached hydrogens (tertiary/aromatic N) is 3. The van der Waals surface area contributed by atoms with E-state index < -0.39 is 56.2 Å². The summed E-state index contributed by atoms with van der Waals surface area (Å²) in [7, 11) is -2.30. The number of allylic oxidation sites excluding steroid dienone is 2. The summed E-state index contributed by atoms with van der Waals surface area (Å²) >= 11 is 0. The Morgan fingerprint density at radius 2 is 1.79 bits per heavy atom. The van der Waals surface area contributed by atoms with E-state index in [0.717, 1.165) is 11.8 Å². The molecule has 0 radical (unpaired) electrons. The molecule has 2 aliphatic heterocycles. The van der Waals surface area contributed by atoms with Crippen molar-refractivity contribution in [2.24, 2.45) is 29.1 Å². The molecule has 2 aromatic heterocycles. The number of esters is 1. The van der Waals surface area contributed by atoms with Crippen LogP contribution in [0, 0.1) is 29.1 Å². The van der Waals surface area contributed by atoms with Crippen molar-refractivity contribution >= 4 is 44.4 Å². The Balaban J connectivity index is 1.25. The van der Waals surface area contributed by atoms with Gasteiger partial charge in [0.1, 0.15) is 17.5 Å². The van der Waals surface area contributed by atoms with E-state index in [1.54, 1.807) is 46.2 Å². The second-order valence-electron chi connectivity index (χ2n) is 19.4. The number of methoxy groups -OCH3 is 1. The minimum Gasteiger partial charge on any atom is -0.497 e. The summed E-state index contributed by atoms with van der Waals surface area (Å²) in [5.74, 6) is -1.76. The van der Waals surface area contributed by atoms with Gasteiger partial charge in [0.05, 0.1) is 54.5 Å². The molecule has 1 aromatic carbocycles. The molecule has 7 atom stereocenters. The highest BCUT2D eigenvalue weighted by Crippen LogP contribution is 2.57. The number of Topliss-reactive ketones (excluding diaryl/α,β-unsaturated/α-hetero) is 1. The van der Waals surface area contributed by atoms with Crippen LogP contribution in [-0.2, 0) is 33.9 Å². The molecule has 3 aromatic rings. The van der Waals surface area contributed by atoms with E-state index in [9.17, 15) is 22.8 Å². The third-order valence-corrected chi connectivity index (χ3v) is 14.5. The Hall–Kier alpha value is -5.05. The standard InChI is InChI=1S/C48H62N4O10S/c1-28(2)60-42-18-13-31(26-49-42)39-21-32-20-34(59-8)14-17-37(32)44(50-39)61-35-22-40-41(53)25-48(46(56)51-63(57,58)36-15-16-36)24-33(48)12-10-9-11-29(3)19-30(4)38(45(55)52(40)27-35)23-43(54)62-47(5,6)7/h10,12-14,17-18,20-21,26,28-30,33,35-36,38,40H,9,11,15-16,19,22-25,27H2,1-8H3,(H,51,56)/b12-10-/t29-,30-,33-,35-,38+,40+,48-/m1/s1. The molecule has 14 nitrogen and oxygen atoms in total. The van der Waals surface area contributed by atoms with Crippen molar-refractivity contribution in [3.05, 3.63) is 54.7 Å². The maximum atomic E-state index is 15.1. The van der Waals surface area contributed by atoms with Gasteiger partial charge in [0, 0.05) is 36.1 Å². The molecule has 340 valence electrons. The van der Waals surface area contributed by atoms with Crippen molar-refractivity contribution in [3.63, 3.8) is 0 Å². The highest BCUT2D eigenvalue weighted by Gasteiger charge is 2.61. The zero-order valence-electron chi connectivity index (χ0n) is 37.7. The molecule has 63 heavy (non-hydrogen) atoms. The third kappa shape index (κ3) is 10.8. The summed E-state index contributed by atoms with van der Waals surface area (Å²) in [6, 6.07) is 10.1. The molecule has 2 saturated carbocycles. The van der Waals surface area contributed by atoms with Crippen molar-refractivity contribution in [2.45, 2.75) is 135 Å². The first-order valence-corrected chi connectivity index (χ1v) is 23.9. The van der Waals surface area contributed by atoms with Gasteiger partial charge < -0.3 is 23.8 Å². The number of fused-ring (bicyclic) bond motifs is 3. The van der Waals surface area contributed by atoms with E-state index >= 15 is 4.79 Å². The second kappa shape index (κ2) is 18.2. The van der Waals surface area contributed by atoms with E-state index in [2.05, 4.69) is 16.6 Å². The molecule has 4 aliphatic rings. The van der Waals surface area contributed by atoms with E-state index in [1.807, 2.05) is 57.2 Å². The Morgan fingerprint density at radius 1 is 1.03 bits per heavy atom. The first-order chi connectivity index (χ1) is 29.7. The lowest BCUT2D eigenvalue weighted by Crippen LogP contribution is -2.47. The van der Waals surface area contributed by atoms with E-state index in [1.165, 1.54) is 4.90 Å². The number of rotatable bonds is 11. The summed E-state index contributed by atoms with van der Waals surface area (Å²) in [6.45, 7) is 13.3. The lowest BCUT2D eigenvalue weighted by Gasteiger charge is -2.32. The van der Waals surface area contributed by atoms with Crippen molar-refractivity contribution in [1.82, 2.24) is 19.6 Å². The fraction of sp³-hybridized carbons (Fsp3) is 0.583. The Labute approximate surface area is 370 Å². The summed E-state index contributed by atoms with van der Waals surface area (Å²) in [5, 5.41) is 0.840. The Morgan fingerprint density at radius 3 is 2.46 bits per heavy atom. The third-order valence-electron chi connectivity index (χ3n) is 12.6. The highest BCUT2D eigenvalue weighted by atomic mass is 32.2. The van der Waals surface area contributed by atoms with Crippen molar-refractivity contribution < 1.29 is 46.5 Å². The van der Waals surface area contributed by atoms with Crippen LogP contribution < -0.4 is 18.9 Å². The first-order valence-electron chi connectivity index (χ1n) is 22.3. The zero-order valence-corrected chi connectivity index (χ0v) is 38.5. The minimum atomic E-state index is -3.89. The SMILES string of the molecule is COc1ccc2c(O[C@@H]3C[C@H]4C(=O)C[C@]5(C(=O)NS(=O)(=O)C6CC6)C[C@H]5/C=C\CC[C@@H](C)C[C@@H](C)[C@H](CC(=O)OC(C)(C)C)C(=O)N4C3)nc(-c3ccc(OC(C)C)nc3)cc2c1. The van der Waals surface area contributed by atoms with Gasteiger partial charge >= 0.3 is 5.97 Å². The zero-order chi connectivity index (χ0) is 45.4. The number of hydrogen-bond acceptors (Lipinski definition) is 12. The summed E-state index contributed by atoms with van der Waals surface area (Å²) < 4.78 is 52.2. The predicted octanol–water partition coefficient (Wildman–Crippen LogP) is 7.38. The molecule has 4 heterocycles. The van der Waals surface area contributed by atoms with E-state index in [4.69, 9.17) is 23.9 Å². The molecular weight excluding hydrogens is 825 g/mol. The quantitative estimate of drug-likeness (QED) is 0.149. The largest absolute Gasteiger partial charge is 0.497 e. The van der Waals surface area contributed by atoms with Crippen LogP contribution in [0.2, 0.25) is 0 Å². The lowest BCUT2D eigenvalue weighted by atomic mass is 9.82. The fourth-order valence-electron chi connectivity index (χ4n) is 9.12. The molecule has 1 saturated heterocycles. The van der Waals surface area contributed by atoms with Crippen LogP contribution in [0.4, 0.5) is 0 Å². The number of nitrogens with one attached hydrogen (secondary N) is 1. The molecule has 0 spiro atoms. The topological polar surface area (TPSA) is 180 Å². The van der Waals surface area contributed by atoms with E-state index in [-0.39, 0.29) is 67.2 Å². The van der Waals surface area contributed by atoms with Crippen LogP contribution in [0.3, 0.4) is 0 Å². The predicted molar refractivity (Wildman–Crippen MR) is 237 cm³/mol. The van der Waals surface area contributed by atoms with Crippen LogP contribution in [0.1, 0.15) is 106 Å². The molecular formula is C48H62N4O10S. The van der Waals surface area contributed by atoms with Gasteiger partial charge in [-0.3, -0.25) is 23.9 Å². The number of carbonyl (C=O) groups excluding carboxylic acids is 4. The van der Waals surface area contributed by atoms with Gasteiger partial charge in [0.2, 0.25) is 33.6 Å². The monoisotopic (exact) mass is 886 g/mol. The molecule has 3 fully saturated rings. The van der Waals surface area contributed by atoms with Gasteiger partial charge in [0.25, 0.3) is 0 Å². The summed E-state index contributed by atoms with van der Waals surface area (Å²) in [4.78, 5) is 68.4. The van der Waals surface area contributed by atoms with Crippen LogP contribution in [0.25, 0.3) is 22.0 Å². The Bertz CT molecular complexity index is 2360. The fourth-order valence-corrected chi connectivity index (χ4v) is 10.5. The van der Waals surface area contributed by atoms with Crippen LogP contribution in [0.15, 0.2) is 54.7 Å². The van der Waals surface area contributed by atoms with Gasteiger partial charge in [-0.1, -0.05) is 26.0 Å². The highest BCUT2D eigenvalue weighted by molar-refractivity contribution is 7.90. The van der Waals surface area contributed by atoms with Gasteiger partial charge in [-0.25, -0.2) is 18.4 Å². The van der Waals surface area contributed by atoms with Crippen LogP contribution in [-0.4, -0.2) is 89.6 Å². The lowest BCUT2D eigenvalue weighted by molar-refractivity contribution is -0.160. The number of ether oxygens (including phenoxy) is 4. The van der Waals surface area contributed by atoms with Gasteiger partial charge in [-0.2, -0.15) is 0 Å². The number of hydrogen-bond donors (Lipinski definition) is 1. The number of carbonyl (C=O) groups is 4. The minimum absolute atomic E-state index is 0.00721. The normalized spacial score (nSPS) is 27.4. The van der Waals surface area contributed by atoms with Gasteiger partial charge in [-0.15, -0.1) is 0 Å². The molecule has 0 bridgehead atoms. The smallest absolute Gasteiger partial charge is 0.307 e. The van der Waals surface area contributed by atoms with E-state index in [0.29, 0.717) is 60.4 Å². The maximum absolute atomic E-state index is 15.1. The van der Waals surface area contributed by atoms with Gasteiger partial charge in [-0.05, 0) is 127 Å². The van der Waals surface area contributed by atoms with Crippen LogP contribution >= 0.6 is 0 Å². The molecule has 15 heteroatoms. The molecule has 2 amide bonds.